The fourth-order valence-electron chi connectivity index (χ4n) is 2.11. The molecule has 0 spiro atoms. The lowest BCUT2D eigenvalue weighted by molar-refractivity contribution is 0.0646. The fraction of sp³-hybridized carbons (Fsp3) is 1.00. The second kappa shape index (κ2) is 2.56. The normalized spacial score (nSPS) is 44.5. The molecule has 0 aromatic carbocycles. The first-order valence-corrected chi connectivity index (χ1v) is 3.74. The number of halogens is 3. The van der Waals surface area contributed by atoms with E-state index in [2.05, 4.69) is 0 Å². The molecule has 0 aromatic heterocycles. The molecule has 0 amide bonds. The van der Waals surface area contributed by atoms with E-state index in [4.69, 9.17) is 5.73 Å². The lowest BCUT2D eigenvalue weighted by Gasteiger charge is -2.09. The maximum atomic E-state index is 12.5. The molecule has 2 aliphatic rings. The Labute approximate surface area is 70.7 Å². The van der Waals surface area contributed by atoms with Gasteiger partial charge in [0.15, 0.2) is 0 Å². The van der Waals surface area contributed by atoms with Crippen molar-refractivity contribution in [3.63, 3.8) is 0 Å². The highest BCUT2D eigenvalue weighted by Gasteiger charge is 2.71. The maximum absolute atomic E-state index is 12.5. The van der Waals surface area contributed by atoms with E-state index in [1.165, 1.54) is 0 Å². The van der Waals surface area contributed by atoms with Gasteiger partial charge in [0.1, 0.15) is 0 Å². The van der Waals surface area contributed by atoms with E-state index in [1.54, 1.807) is 0 Å². The Bertz CT molecular complexity index is 149. The molecular weight excluding hydrogens is 172 g/mol. The SMILES string of the molecule is Cl.NCC1CC2C(C1)C2(F)F. The first kappa shape index (κ1) is 9.20. The quantitative estimate of drug-likeness (QED) is 0.658. The molecule has 0 bridgehead atoms. The maximum Gasteiger partial charge on any atom is 0.254 e. The van der Waals surface area contributed by atoms with Crippen LogP contribution in [0.5, 0.6) is 0 Å². The van der Waals surface area contributed by atoms with Crippen LogP contribution < -0.4 is 5.73 Å². The third-order valence-corrected chi connectivity index (χ3v) is 2.87. The van der Waals surface area contributed by atoms with Crippen LogP contribution in [-0.2, 0) is 0 Å². The van der Waals surface area contributed by atoms with E-state index in [0.29, 0.717) is 25.3 Å². The van der Waals surface area contributed by atoms with Crippen LogP contribution in [0.4, 0.5) is 8.78 Å². The van der Waals surface area contributed by atoms with E-state index in [1.807, 2.05) is 0 Å². The van der Waals surface area contributed by atoms with Crippen LogP contribution in [0.3, 0.4) is 0 Å². The summed E-state index contributed by atoms with van der Waals surface area (Å²) in [4.78, 5) is 0. The minimum Gasteiger partial charge on any atom is -0.330 e. The Hall–Kier alpha value is 0.110. The van der Waals surface area contributed by atoms with Crippen LogP contribution in [0.2, 0.25) is 0 Å². The third-order valence-electron chi connectivity index (χ3n) is 2.87. The predicted octanol–water partition coefficient (Wildman–Crippen LogP) is 1.66. The van der Waals surface area contributed by atoms with Crippen molar-refractivity contribution in [1.82, 2.24) is 0 Å². The van der Waals surface area contributed by atoms with E-state index in [9.17, 15) is 8.78 Å². The summed E-state index contributed by atoms with van der Waals surface area (Å²) in [6, 6.07) is 0. The van der Waals surface area contributed by atoms with Gasteiger partial charge in [-0.05, 0) is 25.3 Å². The standard InChI is InChI=1S/C7H11F2N.ClH/c8-7(9)5-1-4(3-10)2-6(5)7;/h4-6H,1-3,10H2;1H. The van der Waals surface area contributed by atoms with E-state index >= 15 is 0 Å². The summed E-state index contributed by atoms with van der Waals surface area (Å²) in [6.45, 7) is 0.586. The van der Waals surface area contributed by atoms with Crippen LogP contribution in [0.1, 0.15) is 12.8 Å². The molecule has 2 aliphatic carbocycles. The average molecular weight is 184 g/mol. The molecule has 0 saturated heterocycles. The second-order valence-corrected chi connectivity index (χ2v) is 3.46. The molecule has 0 aliphatic heterocycles. The fourth-order valence-corrected chi connectivity index (χ4v) is 2.11. The van der Waals surface area contributed by atoms with Crippen LogP contribution in [0, 0.1) is 17.8 Å². The van der Waals surface area contributed by atoms with Crippen LogP contribution in [0.15, 0.2) is 0 Å². The number of nitrogens with two attached hydrogens (primary N) is 1. The molecule has 11 heavy (non-hydrogen) atoms. The molecule has 2 rings (SSSR count). The molecule has 0 heterocycles. The van der Waals surface area contributed by atoms with Gasteiger partial charge in [-0.2, -0.15) is 0 Å². The van der Waals surface area contributed by atoms with Gasteiger partial charge >= 0.3 is 0 Å². The molecule has 2 atom stereocenters. The Balaban J connectivity index is 0.000000605. The lowest BCUT2D eigenvalue weighted by Crippen LogP contribution is -2.16. The van der Waals surface area contributed by atoms with Gasteiger partial charge in [-0.15, -0.1) is 12.4 Å². The summed E-state index contributed by atoms with van der Waals surface area (Å²) in [5.74, 6) is -2.54. The van der Waals surface area contributed by atoms with Crippen molar-refractivity contribution in [3.05, 3.63) is 0 Å². The summed E-state index contributed by atoms with van der Waals surface area (Å²) in [5, 5.41) is 0. The van der Waals surface area contributed by atoms with Crippen molar-refractivity contribution in [3.8, 4) is 0 Å². The summed E-state index contributed by atoms with van der Waals surface area (Å²) in [7, 11) is 0. The number of hydrogen-bond acceptors (Lipinski definition) is 1. The number of fused-ring (bicyclic) bond motifs is 1. The van der Waals surface area contributed by atoms with Crippen molar-refractivity contribution in [2.45, 2.75) is 18.8 Å². The van der Waals surface area contributed by atoms with Crippen molar-refractivity contribution >= 4 is 12.4 Å². The average Bonchev–Trinajstić information content (AvgIpc) is 2.37. The van der Waals surface area contributed by atoms with E-state index in [0.717, 1.165) is 0 Å². The molecule has 2 fully saturated rings. The van der Waals surface area contributed by atoms with Gasteiger partial charge in [0.25, 0.3) is 5.92 Å². The predicted molar refractivity (Wildman–Crippen MR) is 41.0 cm³/mol. The highest BCUT2D eigenvalue weighted by Crippen LogP contribution is 2.65. The largest absolute Gasteiger partial charge is 0.330 e. The van der Waals surface area contributed by atoms with Gasteiger partial charge in [0.05, 0.1) is 0 Å². The molecule has 66 valence electrons. The Morgan fingerprint density at radius 1 is 1.27 bits per heavy atom. The molecule has 1 nitrogen and oxygen atoms in total. The zero-order valence-electron chi connectivity index (χ0n) is 6.09. The Kier molecular flexibility index (Phi) is 2.14. The molecule has 2 unspecified atom stereocenters. The Morgan fingerprint density at radius 2 is 1.73 bits per heavy atom. The number of hydrogen-bond donors (Lipinski definition) is 1. The smallest absolute Gasteiger partial charge is 0.254 e. The first-order chi connectivity index (χ1) is 4.66. The van der Waals surface area contributed by atoms with Gasteiger partial charge in [0, 0.05) is 11.8 Å². The van der Waals surface area contributed by atoms with Gasteiger partial charge in [-0.3, -0.25) is 0 Å². The third kappa shape index (κ3) is 1.14. The topological polar surface area (TPSA) is 26.0 Å². The Morgan fingerprint density at radius 3 is 2.09 bits per heavy atom. The van der Waals surface area contributed by atoms with E-state index < -0.39 is 5.92 Å². The summed E-state index contributed by atoms with van der Waals surface area (Å²) < 4.78 is 25.0. The molecule has 0 radical (unpaired) electrons. The number of alkyl halides is 2. The molecular formula is C7H12ClF2N. The van der Waals surface area contributed by atoms with E-state index in [-0.39, 0.29) is 24.2 Å². The lowest BCUT2D eigenvalue weighted by atomic mass is 10.0. The first-order valence-electron chi connectivity index (χ1n) is 3.74. The molecule has 0 aromatic rings. The van der Waals surface area contributed by atoms with Gasteiger partial charge in [-0.25, -0.2) is 8.78 Å². The minimum absolute atomic E-state index is 0. The highest BCUT2D eigenvalue weighted by atomic mass is 35.5. The van der Waals surface area contributed by atoms with Crippen molar-refractivity contribution in [2.75, 3.05) is 6.54 Å². The molecule has 4 heteroatoms. The number of rotatable bonds is 1. The zero-order chi connectivity index (χ0) is 7.35. The van der Waals surface area contributed by atoms with Crippen LogP contribution in [-0.4, -0.2) is 12.5 Å². The van der Waals surface area contributed by atoms with Crippen molar-refractivity contribution < 1.29 is 8.78 Å². The van der Waals surface area contributed by atoms with Crippen molar-refractivity contribution in [2.24, 2.45) is 23.5 Å². The molecule has 2 N–H and O–H groups in total. The second-order valence-electron chi connectivity index (χ2n) is 3.46. The minimum atomic E-state index is -2.31. The zero-order valence-corrected chi connectivity index (χ0v) is 6.91. The summed E-state index contributed by atoms with van der Waals surface area (Å²) >= 11 is 0. The van der Waals surface area contributed by atoms with Gasteiger partial charge in [0.2, 0.25) is 0 Å². The highest BCUT2D eigenvalue weighted by molar-refractivity contribution is 5.85. The van der Waals surface area contributed by atoms with Crippen LogP contribution >= 0.6 is 12.4 Å². The summed E-state index contributed by atoms with van der Waals surface area (Å²) in [5.41, 5.74) is 5.36. The summed E-state index contributed by atoms with van der Waals surface area (Å²) in [6.07, 6.45) is 1.32. The van der Waals surface area contributed by atoms with Gasteiger partial charge in [-0.1, -0.05) is 0 Å². The van der Waals surface area contributed by atoms with Crippen LogP contribution in [0.25, 0.3) is 0 Å². The molecule has 2 saturated carbocycles. The monoisotopic (exact) mass is 183 g/mol. The van der Waals surface area contributed by atoms with Crippen molar-refractivity contribution in [1.29, 1.82) is 0 Å². The van der Waals surface area contributed by atoms with Gasteiger partial charge < -0.3 is 5.73 Å².